The van der Waals surface area contributed by atoms with Crippen molar-refractivity contribution in [1.82, 2.24) is 5.32 Å². The molecular weight excluding hydrogens is 236 g/mol. The van der Waals surface area contributed by atoms with Crippen LogP contribution >= 0.6 is 0 Å². The molecule has 18 heavy (non-hydrogen) atoms. The van der Waals surface area contributed by atoms with Crippen molar-refractivity contribution in [2.75, 3.05) is 11.9 Å². The summed E-state index contributed by atoms with van der Waals surface area (Å²) in [5.41, 5.74) is 1.90. The molecular formula is C12H14N2O4. The minimum absolute atomic E-state index is 0.423. The summed E-state index contributed by atoms with van der Waals surface area (Å²) < 4.78 is 0. The Balaban J connectivity index is 1.99. The lowest BCUT2D eigenvalue weighted by Gasteiger charge is -2.15. The number of nitrogens with one attached hydrogen (secondary N) is 2. The Morgan fingerprint density at radius 2 is 2.17 bits per heavy atom. The highest BCUT2D eigenvalue weighted by Gasteiger charge is 2.29. The van der Waals surface area contributed by atoms with Gasteiger partial charge in [0.25, 0.3) is 0 Å². The number of fused-ring (bicyclic) bond motifs is 1. The first-order chi connectivity index (χ1) is 8.61. The smallest absolute Gasteiger partial charge is 0.328 e. The average Bonchev–Trinajstić information content (AvgIpc) is 2.79. The fourth-order valence-corrected chi connectivity index (χ4v) is 1.91. The summed E-state index contributed by atoms with van der Waals surface area (Å²) in [5, 5.41) is 22.9. The molecule has 1 aromatic carbocycles. The van der Waals surface area contributed by atoms with Crippen LogP contribution in [0.15, 0.2) is 24.3 Å². The summed E-state index contributed by atoms with van der Waals surface area (Å²) in [5.74, 6) is -1.67. The number of aliphatic carboxylic acids is 1. The van der Waals surface area contributed by atoms with Crippen LogP contribution in [0.5, 0.6) is 0 Å². The van der Waals surface area contributed by atoms with Gasteiger partial charge in [-0.15, -0.1) is 0 Å². The van der Waals surface area contributed by atoms with Crippen LogP contribution in [0.1, 0.15) is 5.56 Å². The number of amides is 1. The topological polar surface area (TPSA) is 98.7 Å². The van der Waals surface area contributed by atoms with Gasteiger partial charge in [-0.3, -0.25) is 4.79 Å². The quantitative estimate of drug-likeness (QED) is 0.582. The fourth-order valence-electron chi connectivity index (χ4n) is 1.91. The van der Waals surface area contributed by atoms with E-state index in [9.17, 15) is 9.59 Å². The van der Waals surface area contributed by atoms with Gasteiger partial charge in [-0.05, 0) is 11.6 Å². The highest BCUT2D eigenvalue weighted by Crippen LogP contribution is 2.25. The largest absolute Gasteiger partial charge is 0.480 e. The van der Waals surface area contributed by atoms with E-state index in [1.807, 2.05) is 24.3 Å². The lowest BCUT2D eigenvalue weighted by atomic mass is 10.1. The normalized spacial score (nSPS) is 18.6. The Kier molecular flexibility index (Phi) is 3.47. The van der Waals surface area contributed by atoms with Crippen molar-refractivity contribution in [2.24, 2.45) is 0 Å². The Morgan fingerprint density at radius 1 is 1.44 bits per heavy atom. The number of carboxylic acid groups (broad SMARTS) is 1. The predicted octanol–water partition coefficient (Wildman–Crippen LogP) is -0.415. The Morgan fingerprint density at radius 3 is 2.78 bits per heavy atom. The summed E-state index contributed by atoms with van der Waals surface area (Å²) in [6, 6.07) is 5.77. The first-order valence-electron chi connectivity index (χ1n) is 5.60. The van der Waals surface area contributed by atoms with Crippen LogP contribution in [0.25, 0.3) is 0 Å². The molecule has 1 amide bonds. The summed E-state index contributed by atoms with van der Waals surface area (Å²) in [6.07, 6.45) is 0.514. The molecule has 6 heteroatoms. The molecule has 1 heterocycles. The molecule has 0 radical (unpaired) electrons. The number of para-hydroxylation sites is 1. The van der Waals surface area contributed by atoms with Gasteiger partial charge in [0.15, 0.2) is 0 Å². The molecule has 1 aliphatic heterocycles. The lowest BCUT2D eigenvalue weighted by Crippen LogP contribution is -2.49. The van der Waals surface area contributed by atoms with Crippen molar-refractivity contribution in [3.05, 3.63) is 29.8 Å². The van der Waals surface area contributed by atoms with Crippen LogP contribution in [-0.2, 0) is 16.0 Å². The zero-order valence-corrected chi connectivity index (χ0v) is 9.59. The molecule has 0 aromatic heterocycles. The molecule has 2 atom stereocenters. The maximum Gasteiger partial charge on any atom is 0.328 e. The number of hydrogen-bond donors (Lipinski definition) is 4. The maximum atomic E-state index is 11.8. The van der Waals surface area contributed by atoms with Crippen molar-refractivity contribution < 1.29 is 19.8 Å². The summed E-state index contributed by atoms with van der Waals surface area (Å²) >= 11 is 0. The number of carboxylic acids is 1. The monoisotopic (exact) mass is 250 g/mol. The minimum Gasteiger partial charge on any atom is -0.480 e. The molecule has 0 saturated carbocycles. The van der Waals surface area contributed by atoms with Crippen LogP contribution in [0, 0.1) is 0 Å². The van der Waals surface area contributed by atoms with Gasteiger partial charge in [0.1, 0.15) is 12.1 Å². The number of aliphatic hydroxyl groups excluding tert-OH is 1. The molecule has 6 nitrogen and oxygen atoms in total. The first-order valence-corrected chi connectivity index (χ1v) is 5.60. The highest BCUT2D eigenvalue weighted by atomic mass is 16.4. The van der Waals surface area contributed by atoms with Crippen molar-refractivity contribution in [2.45, 2.75) is 18.5 Å². The fraction of sp³-hybridized carbons (Fsp3) is 0.333. The molecule has 1 aromatic rings. The SMILES string of the molecule is O=C(O)[C@H](CO)NC(=O)[C@@H]1Cc2ccccc2N1. The molecule has 1 aliphatic rings. The zero-order chi connectivity index (χ0) is 13.1. The van der Waals surface area contributed by atoms with Crippen molar-refractivity contribution in [3.63, 3.8) is 0 Å². The molecule has 0 bridgehead atoms. The third-order valence-electron chi connectivity index (χ3n) is 2.88. The molecule has 2 rings (SSSR count). The number of anilines is 1. The number of aliphatic hydroxyl groups is 1. The van der Waals surface area contributed by atoms with Crippen LogP contribution in [0.2, 0.25) is 0 Å². The Labute approximate surface area is 104 Å². The molecule has 0 spiro atoms. The zero-order valence-electron chi connectivity index (χ0n) is 9.59. The van der Waals surface area contributed by atoms with Gasteiger partial charge in [-0.25, -0.2) is 4.79 Å². The van der Waals surface area contributed by atoms with Crippen LogP contribution in [-0.4, -0.2) is 40.8 Å². The van der Waals surface area contributed by atoms with Gasteiger partial charge in [0, 0.05) is 12.1 Å². The summed E-state index contributed by atoms with van der Waals surface area (Å²) in [4.78, 5) is 22.5. The van der Waals surface area contributed by atoms with Crippen molar-refractivity contribution in [3.8, 4) is 0 Å². The number of carbonyl (C=O) groups is 2. The second-order valence-corrected chi connectivity index (χ2v) is 4.14. The van der Waals surface area contributed by atoms with Gasteiger partial charge in [-0.1, -0.05) is 18.2 Å². The number of carbonyl (C=O) groups excluding carboxylic acids is 1. The third-order valence-corrected chi connectivity index (χ3v) is 2.88. The van der Waals surface area contributed by atoms with E-state index >= 15 is 0 Å². The summed E-state index contributed by atoms with van der Waals surface area (Å²) in [6.45, 7) is -0.624. The second-order valence-electron chi connectivity index (χ2n) is 4.14. The van der Waals surface area contributed by atoms with Gasteiger partial charge in [-0.2, -0.15) is 0 Å². The molecule has 4 N–H and O–H groups in total. The first kappa shape index (κ1) is 12.4. The standard InChI is InChI=1S/C12H14N2O4/c15-6-10(12(17)18)14-11(16)9-5-7-3-1-2-4-8(7)13-9/h1-4,9-10,13,15H,5-6H2,(H,14,16)(H,17,18)/t9-,10-/m0/s1. The van der Waals surface area contributed by atoms with Crippen LogP contribution < -0.4 is 10.6 Å². The second kappa shape index (κ2) is 5.05. The van der Waals surface area contributed by atoms with E-state index in [4.69, 9.17) is 10.2 Å². The van der Waals surface area contributed by atoms with Gasteiger partial charge >= 0.3 is 5.97 Å². The van der Waals surface area contributed by atoms with E-state index in [0.717, 1.165) is 11.3 Å². The summed E-state index contributed by atoms with van der Waals surface area (Å²) in [7, 11) is 0. The van der Waals surface area contributed by atoms with E-state index in [1.165, 1.54) is 0 Å². The molecule has 0 fully saturated rings. The highest BCUT2D eigenvalue weighted by molar-refractivity contribution is 5.90. The van der Waals surface area contributed by atoms with E-state index in [1.54, 1.807) is 0 Å². The molecule has 0 saturated heterocycles. The van der Waals surface area contributed by atoms with Gasteiger partial charge < -0.3 is 20.8 Å². The minimum atomic E-state index is -1.26. The number of hydrogen-bond acceptors (Lipinski definition) is 4. The number of rotatable bonds is 4. The van der Waals surface area contributed by atoms with Crippen molar-refractivity contribution in [1.29, 1.82) is 0 Å². The van der Waals surface area contributed by atoms with Gasteiger partial charge in [0.2, 0.25) is 5.91 Å². The van der Waals surface area contributed by atoms with Gasteiger partial charge in [0.05, 0.1) is 6.61 Å². The molecule has 0 unspecified atom stereocenters. The molecule has 0 aliphatic carbocycles. The van der Waals surface area contributed by atoms with E-state index in [-0.39, 0.29) is 0 Å². The average molecular weight is 250 g/mol. The lowest BCUT2D eigenvalue weighted by molar-refractivity contribution is -0.143. The Hall–Kier alpha value is -2.08. The predicted molar refractivity (Wildman–Crippen MR) is 64.2 cm³/mol. The van der Waals surface area contributed by atoms with Crippen molar-refractivity contribution >= 4 is 17.6 Å². The maximum absolute atomic E-state index is 11.8. The van der Waals surface area contributed by atoms with E-state index < -0.39 is 30.6 Å². The van der Waals surface area contributed by atoms with Crippen LogP contribution in [0.3, 0.4) is 0 Å². The number of benzene rings is 1. The van der Waals surface area contributed by atoms with Crippen LogP contribution in [0.4, 0.5) is 5.69 Å². The Bertz CT molecular complexity index is 450. The van der Waals surface area contributed by atoms with E-state index in [0.29, 0.717) is 6.42 Å². The third kappa shape index (κ3) is 2.43. The molecule has 96 valence electrons. The van der Waals surface area contributed by atoms with E-state index in [2.05, 4.69) is 10.6 Å².